The number of hydrogen-bond donors (Lipinski definition) is 2. The summed E-state index contributed by atoms with van der Waals surface area (Å²) >= 11 is 0. The number of nitrogens with one attached hydrogen (secondary N) is 1. The third-order valence-electron chi connectivity index (χ3n) is 4.00. The maximum Gasteiger partial charge on any atom is 0.312 e. The molecule has 1 aromatic carbocycles. The summed E-state index contributed by atoms with van der Waals surface area (Å²) in [5, 5.41) is 12.7. The van der Waals surface area contributed by atoms with Gasteiger partial charge < -0.3 is 10.4 Å². The van der Waals surface area contributed by atoms with E-state index in [9.17, 15) is 9.90 Å². The lowest BCUT2D eigenvalue weighted by atomic mass is 9.80. The average molecular weight is 247 g/mol. The predicted molar refractivity (Wildman–Crippen MR) is 71.6 cm³/mol. The molecule has 2 unspecified atom stereocenters. The van der Waals surface area contributed by atoms with Gasteiger partial charge in [-0.15, -0.1) is 0 Å². The van der Waals surface area contributed by atoms with Crippen LogP contribution in [0, 0.1) is 5.92 Å². The number of rotatable bonds is 6. The van der Waals surface area contributed by atoms with Gasteiger partial charge in [0, 0.05) is 12.6 Å². The molecule has 1 fully saturated rings. The maximum atomic E-state index is 11.3. The van der Waals surface area contributed by atoms with Crippen LogP contribution in [0.15, 0.2) is 30.3 Å². The van der Waals surface area contributed by atoms with Crippen molar-refractivity contribution in [3.8, 4) is 0 Å². The zero-order valence-corrected chi connectivity index (χ0v) is 10.8. The number of aliphatic carboxylic acids is 1. The van der Waals surface area contributed by atoms with Crippen LogP contribution in [0.3, 0.4) is 0 Å². The summed E-state index contributed by atoms with van der Waals surface area (Å²) in [6, 6.07) is 9.88. The summed E-state index contributed by atoms with van der Waals surface area (Å²) in [5.74, 6) is -0.474. The molecule has 1 saturated carbocycles. The number of hydrogen-bond acceptors (Lipinski definition) is 2. The topological polar surface area (TPSA) is 49.3 Å². The molecule has 0 aliphatic heterocycles. The second-order valence-corrected chi connectivity index (χ2v) is 5.19. The lowest BCUT2D eigenvalue weighted by molar-refractivity contribution is -0.138. The molecule has 18 heavy (non-hydrogen) atoms. The number of benzene rings is 1. The predicted octanol–water partition coefficient (Wildman–Crippen LogP) is 2.63. The summed E-state index contributed by atoms with van der Waals surface area (Å²) in [5.41, 5.74) is 0.873. The highest BCUT2D eigenvalue weighted by molar-refractivity contribution is 5.76. The molecule has 3 heteroatoms. The fraction of sp³-hybridized carbons (Fsp3) is 0.533. The third-order valence-corrected chi connectivity index (χ3v) is 4.00. The molecule has 1 aromatic rings. The van der Waals surface area contributed by atoms with Gasteiger partial charge >= 0.3 is 5.97 Å². The molecule has 2 rings (SSSR count). The molecule has 2 atom stereocenters. The number of carbonyl (C=O) groups is 1. The van der Waals surface area contributed by atoms with Crippen LogP contribution in [-0.2, 0) is 4.79 Å². The van der Waals surface area contributed by atoms with Gasteiger partial charge in [0.2, 0.25) is 0 Å². The van der Waals surface area contributed by atoms with Crippen LogP contribution in [-0.4, -0.2) is 23.7 Å². The fourth-order valence-electron chi connectivity index (χ4n) is 2.44. The molecule has 2 N–H and O–H groups in total. The average Bonchev–Trinajstić information content (AvgIpc) is 2.28. The Kier molecular flexibility index (Phi) is 4.37. The molecule has 1 aliphatic rings. The number of carboxylic acids is 1. The van der Waals surface area contributed by atoms with Gasteiger partial charge in [-0.3, -0.25) is 4.79 Å². The minimum Gasteiger partial charge on any atom is -0.481 e. The van der Waals surface area contributed by atoms with E-state index in [1.54, 1.807) is 0 Å². The van der Waals surface area contributed by atoms with Gasteiger partial charge in [0.1, 0.15) is 0 Å². The molecular weight excluding hydrogens is 226 g/mol. The van der Waals surface area contributed by atoms with Crippen molar-refractivity contribution in [2.45, 2.75) is 38.1 Å². The van der Waals surface area contributed by atoms with Crippen molar-refractivity contribution in [1.29, 1.82) is 0 Å². The van der Waals surface area contributed by atoms with Gasteiger partial charge in [0.05, 0.1) is 5.92 Å². The van der Waals surface area contributed by atoms with Gasteiger partial charge in [-0.05, 0) is 31.2 Å². The monoisotopic (exact) mass is 247 g/mol. The first-order chi connectivity index (χ1) is 8.68. The number of carboxylic acid groups (broad SMARTS) is 1. The van der Waals surface area contributed by atoms with Crippen LogP contribution in [0.25, 0.3) is 0 Å². The van der Waals surface area contributed by atoms with Crippen molar-refractivity contribution in [2.75, 3.05) is 6.54 Å². The van der Waals surface area contributed by atoms with Crippen LogP contribution >= 0.6 is 0 Å². The van der Waals surface area contributed by atoms with E-state index in [0.29, 0.717) is 12.6 Å². The third kappa shape index (κ3) is 3.10. The maximum absolute atomic E-state index is 11.3. The molecule has 1 aliphatic carbocycles. The van der Waals surface area contributed by atoms with Crippen LogP contribution in [0.2, 0.25) is 0 Å². The van der Waals surface area contributed by atoms with E-state index in [1.165, 1.54) is 19.3 Å². The Bertz CT molecular complexity index is 387. The zero-order valence-electron chi connectivity index (χ0n) is 10.8. The molecule has 0 spiro atoms. The van der Waals surface area contributed by atoms with E-state index >= 15 is 0 Å². The molecule has 98 valence electrons. The normalized spacial score (nSPS) is 18.9. The van der Waals surface area contributed by atoms with Gasteiger partial charge in [0.15, 0.2) is 0 Å². The highest BCUT2D eigenvalue weighted by atomic mass is 16.4. The van der Waals surface area contributed by atoms with Crippen LogP contribution < -0.4 is 5.32 Å². The molecule has 0 amide bonds. The molecule has 0 saturated heterocycles. The molecule has 0 radical (unpaired) electrons. The molecule has 0 aromatic heterocycles. The Labute approximate surface area is 108 Å². The van der Waals surface area contributed by atoms with E-state index in [2.05, 4.69) is 12.2 Å². The van der Waals surface area contributed by atoms with Crippen molar-refractivity contribution < 1.29 is 9.90 Å². The van der Waals surface area contributed by atoms with E-state index in [0.717, 1.165) is 11.5 Å². The van der Waals surface area contributed by atoms with Gasteiger partial charge in [-0.1, -0.05) is 36.8 Å². The van der Waals surface area contributed by atoms with Gasteiger partial charge in [-0.2, -0.15) is 0 Å². The SMILES string of the molecule is CC(NCC(C(=O)O)c1ccccc1)C1CCC1. The first-order valence-corrected chi connectivity index (χ1v) is 6.69. The van der Waals surface area contributed by atoms with E-state index in [4.69, 9.17) is 0 Å². The fourth-order valence-corrected chi connectivity index (χ4v) is 2.44. The Hall–Kier alpha value is -1.35. The van der Waals surface area contributed by atoms with Crippen molar-refractivity contribution >= 4 is 5.97 Å². The summed E-state index contributed by atoms with van der Waals surface area (Å²) in [7, 11) is 0. The second kappa shape index (κ2) is 6.01. The van der Waals surface area contributed by atoms with E-state index in [-0.39, 0.29) is 0 Å². The minimum atomic E-state index is -0.755. The van der Waals surface area contributed by atoms with E-state index < -0.39 is 11.9 Å². The Morgan fingerprint density at radius 3 is 2.56 bits per heavy atom. The highest BCUT2D eigenvalue weighted by Gasteiger charge is 2.26. The van der Waals surface area contributed by atoms with Crippen molar-refractivity contribution in [3.05, 3.63) is 35.9 Å². The Balaban J connectivity index is 1.92. The first-order valence-electron chi connectivity index (χ1n) is 6.69. The van der Waals surface area contributed by atoms with Gasteiger partial charge in [-0.25, -0.2) is 0 Å². The van der Waals surface area contributed by atoms with Crippen molar-refractivity contribution in [3.63, 3.8) is 0 Å². The van der Waals surface area contributed by atoms with Crippen LogP contribution in [0.4, 0.5) is 0 Å². The molecular formula is C15H21NO2. The smallest absolute Gasteiger partial charge is 0.312 e. The van der Waals surface area contributed by atoms with Crippen LogP contribution in [0.1, 0.15) is 37.7 Å². The van der Waals surface area contributed by atoms with E-state index in [1.807, 2.05) is 30.3 Å². The highest BCUT2D eigenvalue weighted by Crippen LogP contribution is 2.29. The van der Waals surface area contributed by atoms with Crippen molar-refractivity contribution in [1.82, 2.24) is 5.32 Å². The summed E-state index contributed by atoms with van der Waals surface area (Å²) in [6.07, 6.45) is 3.87. The molecule has 3 nitrogen and oxygen atoms in total. The largest absolute Gasteiger partial charge is 0.481 e. The first kappa shape index (κ1) is 13.1. The molecule has 0 heterocycles. The van der Waals surface area contributed by atoms with Crippen LogP contribution in [0.5, 0.6) is 0 Å². The summed E-state index contributed by atoms with van der Waals surface area (Å²) in [4.78, 5) is 11.3. The standard InChI is InChI=1S/C15H21NO2/c1-11(12-8-5-9-12)16-10-14(15(17)18)13-6-3-2-4-7-13/h2-4,6-7,11-12,14,16H,5,8-10H2,1H3,(H,17,18). The lowest BCUT2D eigenvalue weighted by Crippen LogP contribution is -2.40. The quantitative estimate of drug-likeness (QED) is 0.812. The Morgan fingerprint density at radius 2 is 2.06 bits per heavy atom. The van der Waals surface area contributed by atoms with Gasteiger partial charge in [0.25, 0.3) is 0 Å². The molecule has 0 bridgehead atoms. The summed E-state index contributed by atoms with van der Waals surface area (Å²) in [6.45, 7) is 2.67. The zero-order chi connectivity index (χ0) is 13.0. The Morgan fingerprint density at radius 1 is 1.39 bits per heavy atom. The van der Waals surface area contributed by atoms with Crippen molar-refractivity contribution in [2.24, 2.45) is 5.92 Å². The lowest BCUT2D eigenvalue weighted by Gasteiger charge is -2.32. The second-order valence-electron chi connectivity index (χ2n) is 5.19. The minimum absolute atomic E-state index is 0.421. The summed E-state index contributed by atoms with van der Waals surface area (Å²) < 4.78 is 0.